The SMILES string of the molecule is COC(=O)c1ccc(C2(O)CSCCC2(C)C)o1. The molecule has 0 aliphatic carbocycles. The molecule has 1 fully saturated rings. The van der Waals surface area contributed by atoms with Crippen LogP contribution in [0.25, 0.3) is 0 Å². The Labute approximate surface area is 111 Å². The minimum Gasteiger partial charge on any atom is -0.463 e. The first-order valence-electron chi connectivity index (χ1n) is 5.89. The lowest BCUT2D eigenvalue weighted by Crippen LogP contribution is -2.47. The van der Waals surface area contributed by atoms with E-state index in [4.69, 9.17) is 4.42 Å². The van der Waals surface area contributed by atoms with Gasteiger partial charge in [0, 0.05) is 11.2 Å². The average Bonchev–Trinajstić information content (AvgIpc) is 2.82. The fraction of sp³-hybridized carbons (Fsp3) is 0.615. The van der Waals surface area contributed by atoms with Gasteiger partial charge in [0.2, 0.25) is 5.76 Å². The quantitative estimate of drug-likeness (QED) is 0.836. The molecule has 0 aromatic carbocycles. The summed E-state index contributed by atoms with van der Waals surface area (Å²) in [7, 11) is 1.31. The summed E-state index contributed by atoms with van der Waals surface area (Å²) in [5, 5.41) is 10.9. The molecular weight excluding hydrogens is 252 g/mol. The number of esters is 1. The molecule has 1 atom stereocenters. The van der Waals surface area contributed by atoms with Crippen molar-refractivity contribution in [3.8, 4) is 0 Å². The molecule has 0 radical (unpaired) electrons. The predicted octanol–water partition coefficient (Wildman–Crippen LogP) is 2.42. The second kappa shape index (κ2) is 4.63. The number of hydrogen-bond acceptors (Lipinski definition) is 5. The van der Waals surface area contributed by atoms with Crippen molar-refractivity contribution in [3.63, 3.8) is 0 Å². The Balaban J connectivity index is 2.34. The van der Waals surface area contributed by atoms with E-state index in [2.05, 4.69) is 4.74 Å². The third-order valence-corrected chi connectivity index (χ3v) is 4.82. The van der Waals surface area contributed by atoms with Gasteiger partial charge in [-0.1, -0.05) is 13.8 Å². The van der Waals surface area contributed by atoms with Crippen LogP contribution < -0.4 is 0 Å². The van der Waals surface area contributed by atoms with E-state index in [0.717, 1.165) is 12.2 Å². The van der Waals surface area contributed by atoms with Crippen molar-refractivity contribution in [2.75, 3.05) is 18.6 Å². The zero-order valence-electron chi connectivity index (χ0n) is 10.9. The summed E-state index contributed by atoms with van der Waals surface area (Å²) in [5.41, 5.74) is -1.31. The van der Waals surface area contributed by atoms with Crippen LogP contribution in [0.4, 0.5) is 0 Å². The van der Waals surface area contributed by atoms with Crippen LogP contribution in [-0.2, 0) is 10.3 Å². The van der Waals surface area contributed by atoms with Crippen molar-refractivity contribution in [3.05, 3.63) is 23.7 Å². The first kappa shape index (κ1) is 13.5. The van der Waals surface area contributed by atoms with Gasteiger partial charge in [0.1, 0.15) is 11.4 Å². The Morgan fingerprint density at radius 1 is 1.50 bits per heavy atom. The summed E-state index contributed by atoms with van der Waals surface area (Å²) in [4.78, 5) is 11.4. The zero-order chi connectivity index (χ0) is 13.4. The Morgan fingerprint density at radius 2 is 2.22 bits per heavy atom. The first-order valence-corrected chi connectivity index (χ1v) is 7.05. The number of hydrogen-bond donors (Lipinski definition) is 1. The van der Waals surface area contributed by atoms with Gasteiger partial charge in [0.15, 0.2) is 0 Å². The van der Waals surface area contributed by atoms with Crippen molar-refractivity contribution in [1.29, 1.82) is 0 Å². The summed E-state index contributed by atoms with van der Waals surface area (Å²) >= 11 is 1.70. The molecule has 4 nitrogen and oxygen atoms in total. The molecule has 100 valence electrons. The van der Waals surface area contributed by atoms with Crippen molar-refractivity contribution in [1.82, 2.24) is 0 Å². The van der Waals surface area contributed by atoms with E-state index in [1.165, 1.54) is 7.11 Å². The molecule has 0 saturated carbocycles. The van der Waals surface area contributed by atoms with Gasteiger partial charge in [0.25, 0.3) is 0 Å². The van der Waals surface area contributed by atoms with Gasteiger partial charge in [-0.05, 0) is 24.3 Å². The molecule has 5 heteroatoms. The molecule has 1 N–H and O–H groups in total. The summed E-state index contributed by atoms with van der Waals surface area (Å²) in [6.07, 6.45) is 0.905. The molecule has 1 aromatic rings. The van der Waals surface area contributed by atoms with E-state index in [1.807, 2.05) is 13.8 Å². The number of carbonyl (C=O) groups excluding carboxylic acids is 1. The van der Waals surface area contributed by atoms with Gasteiger partial charge in [-0.25, -0.2) is 4.79 Å². The Morgan fingerprint density at radius 3 is 2.83 bits per heavy atom. The van der Waals surface area contributed by atoms with Crippen LogP contribution in [0.15, 0.2) is 16.5 Å². The minimum absolute atomic E-state index is 0.132. The molecule has 1 unspecified atom stereocenters. The van der Waals surface area contributed by atoms with Crippen molar-refractivity contribution in [2.45, 2.75) is 25.9 Å². The number of furan rings is 1. The van der Waals surface area contributed by atoms with E-state index in [9.17, 15) is 9.90 Å². The molecule has 0 bridgehead atoms. The lowest BCUT2D eigenvalue weighted by atomic mass is 9.72. The fourth-order valence-electron chi connectivity index (χ4n) is 2.12. The maximum atomic E-state index is 11.4. The van der Waals surface area contributed by atoms with Crippen LogP contribution in [0.2, 0.25) is 0 Å². The molecule has 1 aromatic heterocycles. The smallest absolute Gasteiger partial charge is 0.373 e. The number of thioether (sulfide) groups is 1. The van der Waals surface area contributed by atoms with Crippen molar-refractivity contribution < 1.29 is 19.1 Å². The van der Waals surface area contributed by atoms with Gasteiger partial charge < -0.3 is 14.3 Å². The highest BCUT2D eigenvalue weighted by molar-refractivity contribution is 7.99. The van der Waals surface area contributed by atoms with Crippen LogP contribution in [0.5, 0.6) is 0 Å². The Bertz CT molecular complexity index is 452. The van der Waals surface area contributed by atoms with Gasteiger partial charge >= 0.3 is 5.97 Å². The number of aliphatic hydroxyl groups is 1. The minimum atomic E-state index is -1.04. The third-order valence-electron chi connectivity index (χ3n) is 3.70. The van der Waals surface area contributed by atoms with Crippen LogP contribution in [0.3, 0.4) is 0 Å². The monoisotopic (exact) mass is 270 g/mol. The average molecular weight is 270 g/mol. The third kappa shape index (κ3) is 2.06. The summed E-state index contributed by atoms with van der Waals surface area (Å²) in [5.74, 6) is 1.66. The van der Waals surface area contributed by atoms with E-state index in [0.29, 0.717) is 11.5 Å². The van der Waals surface area contributed by atoms with Gasteiger partial charge in [-0.3, -0.25) is 0 Å². The topological polar surface area (TPSA) is 59.7 Å². The molecule has 0 amide bonds. The normalized spacial score (nSPS) is 26.9. The molecular formula is C13H18O4S. The molecule has 2 rings (SSSR count). The Hall–Kier alpha value is -0.940. The maximum Gasteiger partial charge on any atom is 0.373 e. The predicted molar refractivity (Wildman–Crippen MR) is 69.7 cm³/mol. The highest BCUT2D eigenvalue weighted by Gasteiger charge is 2.49. The second-order valence-electron chi connectivity index (χ2n) is 5.20. The molecule has 1 saturated heterocycles. The summed E-state index contributed by atoms with van der Waals surface area (Å²) < 4.78 is 10.1. The number of methoxy groups -OCH3 is 1. The summed E-state index contributed by atoms with van der Waals surface area (Å²) in [6.45, 7) is 4.04. The molecule has 0 spiro atoms. The van der Waals surface area contributed by atoms with Gasteiger partial charge in [-0.15, -0.1) is 0 Å². The van der Waals surface area contributed by atoms with Crippen molar-refractivity contribution in [2.24, 2.45) is 5.41 Å². The van der Waals surface area contributed by atoms with Crippen LogP contribution in [0.1, 0.15) is 36.6 Å². The summed E-state index contributed by atoms with van der Waals surface area (Å²) in [6, 6.07) is 3.22. The largest absolute Gasteiger partial charge is 0.463 e. The molecule has 2 heterocycles. The van der Waals surface area contributed by atoms with Crippen LogP contribution >= 0.6 is 11.8 Å². The lowest BCUT2D eigenvalue weighted by molar-refractivity contribution is -0.0741. The number of carbonyl (C=O) groups is 1. The standard InChI is InChI=1S/C13H18O4S/c1-12(2)6-7-18-8-13(12,15)10-5-4-9(17-10)11(14)16-3/h4-5,15H,6-8H2,1-3H3. The number of rotatable bonds is 2. The van der Waals surface area contributed by atoms with E-state index in [1.54, 1.807) is 23.9 Å². The molecule has 1 aliphatic heterocycles. The highest BCUT2D eigenvalue weighted by Crippen LogP contribution is 2.48. The zero-order valence-corrected chi connectivity index (χ0v) is 11.7. The second-order valence-corrected chi connectivity index (χ2v) is 6.31. The van der Waals surface area contributed by atoms with Gasteiger partial charge in [-0.2, -0.15) is 11.8 Å². The maximum absolute atomic E-state index is 11.4. The number of ether oxygens (including phenoxy) is 1. The van der Waals surface area contributed by atoms with Gasteiger partial charge in [0.05, 0.1) is 7.11 Å². The van der Waals surface area contributed by atoms with Crippen LogP contribution in [-0.4, -0.2) is 29.7 Å². The highest BCUT2D eigenvalue weighted by atomic mass is 32.2. The van der Waals surface area contributed by atoms with Crippen molar-refractivity contribution >= 4 is 17.7 Å². The van der Waals surface area contributed by atoms with E-state index >= 15 is 0 Å². The Kier molecular flexibility index (Phi) is 3.47. The lowest BCUT2D eigenvalue weighted by Gasteiger charge is -2.44. The molecule has 1 aliphatic rings. The van der Waals surface area contributed by atoms with E-state index < -0.39 is 11.6 Å². The van der Waals surface area contributed by atoms with Crippen LogP contribution in [0, 0.1) is 5.41 Å². The fourth-order valence-corrected chi connectivity index (χ4v) is 3.75. The molecule has 18 heavy (non-hydrogen) atoms. The first-order chi connectivity index (χ1) is 8.40. The van der Waals surface area contributed by atoms with E-state index in [-0.39, 0.29) is 11.2 Å².